The Balaban J connectivity index is 2.27. The Labute approximate surface area is 108 Å². The third-order valence-corrected chi connectivity index (χ3v) is 3.52. The van der Waals surface area contributed by atoms with Gasteiger partial charge in [-0.05, 0) is 30.0 Å². The van der Waals surface area contributed by atoms with Gasteiger partial charge >= 0.3 is 0 Å². The van der Waals surface area contributed by atoms with Gasteiger partial charge in [-0.15, -0.1) is 0 Å². The minimum atomic E-state index is -0.00374. The van der Waals surface area contributed by atoms with Crippen LogP contribution in [0.5, 0.6) is 0 Å². The van der Waals surface area contributed by atoms with E-state index in [1.807, 2.05) is 6.07 Å². The summed E-state index contributed by atoms with van der Waals surface area (Å²) in [7, 11) is 3.51. The Hall–Kier alpha value is -1.71. The molecule has 1 aromatic carbocycles. The van der Waals surface area contributed by atoms with Crippen LogP contribution in [0.4, 0.5) is 11.4 Å². The van der Waals surface area contributed by atoms with Gasteiger partial charge in [0.2, 0.25) is 0 Å². The number of nitrogens with one attached hydrogen (secondary N) is 1. The predicted octanol–water partition coefficient (Wildman–Crippen LogP) is 2.18. The fourth-order valence-electron chi connectivity index (χ4n) is 2.01. The molecular formula is C14H21N3O. The largest absolute Gasteiger partial charge is 0.399 e. The molecule has 2 rings (SSSR count). The lowest BCUT2D eigenvalue weighted by Gasteiger charge is -2.16. The highest BCUT2D eigenvalue weighted by molar-refractivity contribution is 6.00. The van der Waals surface area contributed by atoms with Gasteiger partial charge in [0, 0.05) is 31.5 Å². The number of rotatable bonds is 3. The number of nitrogens with two attached hydrogens (primary N) is 1. The average molecular weight is 247 g/mol. The number of amides is 1. The summed E-state index contributed by atoms with van der Waals surface area (Å²) >= 11 is 0. The van der Waals surface area contributed by atoms with E-state index in [0.29, 0.717) is 22.7 Å². The van der Waals surface area contributed by atoms with E-state index in [1.54, 1.807) is 31.1 Å². The first-order valence-electron chi connectivity index (χ1n) is 6.19. The van der Waals surface area contributed by atoms with Crippen LogP contribution in [-0.4, -0.2) is 30.9 Å². The number of anilines is 2. The molecule has 1 fully saturated rings. The van der Waals surface area contributed by atoms with Crippen molar-refractivity contribution in [3.05, 3.63) is 23.8 Å². The number of carbonyl (C=O) groups is 1. The first kappa shape index (κ1) is 12.7. The van der Waals surface area contributed by atoms with Crippen molar-refractivity contribution in [1.82, 2.24) is 4.90 Å². The van der Waals surface area contributed by atoms with Crippen LogP contribution in [0.1, 0.15) is 30.6 Å². The molecule has 1 amide bonds. The Morgan fingerprint density at radius 1 is 1.44 bits per heavy atom. The van der Waals surface area contributed by atoms with Crippen LogP contribution in [0.3, 0.4) is 0 Å². The third kappa shape index (κ3) is 2.42. The third-order valence-electron chi connectivity index (χ3n) is 3.52. The zero-order valence-corrected chi connectivity index (χ0v) is 11.4. The first-order chi connectivity index (χ1) is 8.31. The normalized spacial score (nSPS) is 20.3. The van der Waals surface area contributed by atoms with Crippen molar-refractivity contribution >= 4 is 17.3 Å². The zero-order chi connectivity index (χ0) is 13.5. The molecule has 0 aromatic heterocycles. The van der Waals surface area contributed by atoms with E-state index in [2.05, 4.69) is 19.2 Å². The number of nitrogens with zero attached hydrogens (tertiary/aromatic N) is 1. The van der Waals surface area contributed by atoms with Gasteiger partial charge in [-0.3, -0.25) is 4.79 Å². The molecule has 0 aliphatic heterocycles. The summed E-state index contributed by atoms with van der Waals surface area (Å²) in [4.78, 5) is 13.7. The van der Waals surface area contributed by atoms with Crippen molar-refractivity contribution in [2.24, 2.45) is 5.41 Å². The van der Waals surface area contributed by atoms with Crippen molar-refractivity contribution in [1.29, 1.82) is 0 Å². The monoisotopic (exact) mass is 247 g/mol. The smallest absolute Gasteiger partial charge is 0.255 e. The van der Waals surface area contributed by atoms with Gasteiger partial charge in [-0.2, -0.15) is 0 Å². The van der Waals surface area contributed by atoms with Crippen LogP contribution in [0.2, 0.25) is 0 Å². The van der Waals surface area contributed by atoms with Crippen LogP contribution in [0, 0.1) is 5.41 Å². The molecule has 4 nitrogen and oxygen atoms in total. The molecule has 98 valence electrons. The van der Waals surface area contributed by atoms with E-state index < -0.39 is 0 Å². The van der Waals surface area contributed by atoms with Crippen LogP contribution in [0.15, 0.2) is 18.2 Å². The number of hydrogen-bond acceptors (Lipinski definition) is 3. The minimum absolute atomic E-state index is 0.00374. The Morgan fingerprint density at radius 3 is 2.56 bits per heavy atom. The number of nitrogen functional groups attached to an aromatic ring is 1. The maximum atomic E-state index is 12.1. The minimum Gasteiger partial charge on any atom is -0.399 e. The average Bonchev–Trinajstić information content (AvgIpc) is 2.85. The second-order valence-electron chi connectivity index (χ2n) is 5.89. The van der Waals surface area contributed by atoms with Crippen molar-refractivity contribution in [2.45, 2.75) is 26.3 Å². The Kier molecular flexibility index (Phi) is 2.97. The van der Waals surface area contributed by atoms with Crippen molar-refractivity contribution in [3.8, 4) is 0 Å². The number of carbonyl (C=O) groups excluding carboxylic acids is 1. The van der Waals surface area contributed by atoms with E-state index >= 15 is 0 Å². The van der Waals surface area contributed by atoms with E-state index in [-0.39, 0.29) is 5.91 Å². The molecule has 1 aromatic rings. The highest BCUT2D eigenvalue weighted by atomic mass is 16.2. The van der Waals surface area contributed by atoms with Gasteiger partial charge in [-0.1, -0.05) is 13.8 Å². The van der Waals surface area contributed by atoms with Crippen LogP contribution >= 0.6 is 0 Å². The first-order valence-corrected chi connectivity index (χ1v) is 6.19. The van der Waals surface area contributed by atoms with Gasteiger partial charge in [0.15, 0.2) is 0 Å². The topological polar surface area (TPSA) is 58.4 Å². The molecular weight excluding hydrogens is 226 g/mol. The van der Waals surface area contributed by atoms with Gasteiger partial charge in [0.1, 0.15) is 0 Å². The zero-order valence-electron chi connectivity index (χ0n) is 11.4. The van der Waals surface area contributed by atoms with Gasteiger partial charge < -0.3 is 16.0 Å². The van der Waals surface area contributed by atoms with Crippen LogP contribution in [0.25, 0.3) is 0 Å². The fourth-order valence-corrected chi connectivity index (χ4v) is 2.01. The summed E-state index contributed by atoms with van der Waals surface area (Å²) in [6.07, 6.45) is 1.12. The molecule has 1 atom stereocenters. The summed E-state index contributed by atoms with van der Waals surface area (Å²) in [5, 5.41) is 3.42. The molecule has 1 aliphatic carbocycles. The lowest BCUT2D eigenvalue weighted by Crippen LogP contribution is -2.23. The Bertz CT molecular complexity index is 480. The molecule has 18 heavy (non-hydrogen) atoms. The van der Waals surface area contributed by atoms with E-state index in [1.165, 1.54) is 0 Å². The summed E-state index contributed by atoms with van der Waals surface area (Å²) in [5.41, 5.74) is 8.30. The maximum Gasteiger partial charge on any atom is 0.255 e. The molecule has 4 heteroatoms. The molecule has 0 spiro atoms. The molecule has 0 saturated heterocycles. The highest BCUT2D eigenvalue weighted by Gasteiger charge is 2.45. The molecule has 1 aliphatic rings. The lowest BCUT2D eigenvalue weighted by atomic mass is 10.1. The quantitative estimate of drug-likeness (QED) is 0.805. The maximum absolute atomic E-state index is 12.1. The van der Waals surface area contributed by atoms with E-state index in [4.69, 9.17) is 5.73 Å². The van der Waals surface area contributed by atoms with Crippen molar-refractivity contribution < 1.29 is 4.79 Å². The van der Waals surface area contributed by atoms with E-state index in [9.17, 15) is 4.79 Å². The predicted molar refractivity (Wildman–Crippen MR) is 74.7 cm³/mol. The molecule has 0 bridgehead atoms. The summed E-state index contributed by atoms with van der Waals surface area (Å²) in [6.45, 7) is 4.43. The van der Waals surface area contributed by atoms with Crippen molar-refractivity contribution in [2.75, 3.05) is 25.1 Å². The highest BCUT2D eigenvalue weighted by Crippen LogP contribution is 2.47. The molecule has 0 radical (unpaired) electrons. The molecule has 0 heterocycles. The number of hydrogen-bond donors (Lipinski definition) is 2. The fraction of sp³-hybridized carbons (Fsp3) is 0.500. The second kappa shape index (κ2) is 4.19. The van der Waals surface area contributed by atoms with Gasteiger partial charge in [0.05, 0.1) is 5.56 Å². The molecule has 1 unspecified atom stereocenters. The van der Waals surface area contributed by atoms with Gasteiger partial charge in [0.25, 0.3) is 5.91 Å². The molecule has 1 saturated carbocycles. The molecule has 3 N–H and O–H groups in total. The number of benzene rings is 1. The van der Waals surface area contributed by atoms with Crippen LogP contribution < -0.4 is 11.1 Å². The summed E-state index contributed by atoms with van der Waals surface area (Å²) < 4.78 is 0. The van der Waals surface area contributed by atoms with Crippen molar-refractivity contribution in [3.63, 3.8) is 0 Å². The van der Waals surface area contributed by atoms with Gasteiger partial charge in [-0.25, -0.2) is 0 Å². The standard InChI is InChI=1S/C14H21N3O/c1-14(2)8-12(14)16-11-7-9(15)5-6-10(11)13(18)17(3)4/h5-7,12,16H,8,15H2,1-4H3. The second-order valence-corrected chi connectivity index (χ2v) is 5.89. The summed E-state index contributed by atoms with van der Waals surface area (Å²) in [6, 6.07) is 5.81. The lowest BCUT2D eigenvalue weighted by molar-refractivity contribution is 0.0828. The van der Waals surface area contributed by atoms with E-state index in [0.717, 1.165) is 12.1 Å². The SMILES string of the molecule is CN(C)C(=O)c1ccc(N)cc1NC1CC1(C)C. The summed E-state index contributed by atoms with van der Waals surface area (Å²) in [5.74, 6) is -0.00374. The Morgan fingerprint density at radius 2 is 2.06 bits per heavy atom. The van der Waals surface area contributed by atoms with Crippen LogP contribution in [-0.2, 0) is 0 Å².